The maximum Gasteiger partial charge on any atom is 0.418 e. The molecule has 2 aliphatic rings. The molecular formula is C37H37ClF3N6O5PS. The van der Waals surface area contributed by atoms with Crippen LogP contribution in [0.3, 0.4) is 0 Å². The van der Waals surface area contributed by atoms with Gasteiger partial charge in [-0.2, -0.15) is 18.4 Å². The van der Waals surface area contributed by atoms with Gasteiger partial charge in [-0.3, -0.25) is 23.8 Å². The minimum atomic E-state index is -4.77. The summed E-state index contributed by atoms with van der Waals surface area (Å²) < 4.78 is 76.8. The number of hydrogen-bond acceptors (Lipinski definition) is 11. The van der Waals surface area contributed by atoms with Crippen LogP contribution < -0.4 is 20.5 Å². The van der Waals surface area contributed by atoms with E-state index >= 15 is 0 Å². The largest absolute Gasteiger partial charge is 0.491 e. The first-order valence-electron chi connectivity index (χ1n) is 17.6. The molecule has 1 aliphatic carbocycles. The third-order valence-corrected chi connectivity index (χ3v) is 13.2. The molecule has 0 spiro atoms. The predicted molar refractivity (Wildman–Crippen MR) is 203 cm³/mol. The zero-order valence-electron chi connectivity index (χ0n) is 29.8. The zero-order valence-corrected chi connectivity index (χ0v) is 32.2. The number of benzene rings is 2. The standard InChI is InChI=1S/C37H37ClF3N6O5PS/c1-4-51-53(49,52-5-2)31-21-54-35-25(10-11-43-33(31)35)26-18-23(38)6-9-30(26)50-17-16-47-22(3)44-29-19-28(37(39,40)41)34(27(20-42)32(29)36(47)48)46-14-12-45(13-15-46)24-7-8-24/h6,9-11,18-19,21,24H,4-5,7-8,12-17H2,1-3H3. The molecular weight excluding hydrogens is 764 g/mol. The molecule has 2 aromatic carbocycles. The summed E-state index contributed by atoms with van der Waals surface area (Å²) in [6.45, 7) is 7.08. The molecule has 5 aromatic rings. The lowest BCUT2D eigenvalue weighted by Crippen LogP contribution is -2.48. The molecule has 3 aromatic heterocycles. The van der Waals surface area contributed by atoms with E-state index in [0.29, 0.717) is 69.6 Å². The van der Waals surface area contributed by atoms with Crippen LogP contribution in [0.5, 0.6) is 5.75 Å². The molecule has 1 aliphatic heterocycles. The predicted octanol–water partition coefficient (Wildman–Crippen LogP) is 7.78. The summed E-state index contributed by atoms with van der Waals surface area (Å²) in [5.41, 5.74) is -0.613. The van der Waals surface area contributed by atoms with Crippen molar-refractivity contribution >= 4 is 62.6 Å². The maximum absolute atomic E-state index is 14.5. The minimum absolute atomic E-state index is 0.0161. The van der Waals surface area contributed by atoms with Gasteiger partial charge in [0.2, 0.25) is 0 Å². The number of anilines is 1. The van der Waals surface area contributed by atoms with Crippen LogP contribution in [0.2, 0.25) is 5.02 Å². The normalized spacial score (nSPS) is 15.6. The fraction of sp³-hybridized carbons (Fsp3) is 0.405. The number of pyridine rings is 1. The monoisotopic (exact) mass is 800 g/mol. The third-order valence-electron chi connectivity index (χ3n) is 9.65. The van der Waals surface area contributed by atoms with Gasteiger partial charge in [-0.05, 0) is 63.9 Å². The summed E-state index contributed by atoms with van der Waals surface area (Å²) >= 11 is 7.78. The number of nitriles is 1. The van der Waals surface area contributed by atoms with E-state index in [4.69, 9.17) is 25.4 Å². The molecule has 2 fully saturated rings. The number of ether oxygens (including phenoxy) is 1. The summed E-state index contributed by atoms with van der Waals surface area (Å²) in [5.74, 6) is 0.601. The molecule has 284 valence electrons. The van der Waals surface area contributed by atoms with Crippen molar-refractivity contribution in [3.05, 3.63) is 74.2 Å². The highest BCUT2D eigenvalue weighted by atomic mass is 35.5. The van der Waals surface area contributed by atoms with Gasteiger partial charge in [0.1, 0.15) is 29.6 Å². The number of thiophene rings is 1. The second-order valence-electron chi connectivity index (χ2n) is 13.0. The zero-order chi connectivity index (χ0) is 38.4. The Morgan fingerprint density at radius 3 is 2.44 bits per heavy atom. The fourth-order valence-electron chi connectivity index (χ4n) is 7.08. The van der Waals surface area contributed by atoms with E-state index in [9.17, 15) is 27.8 Å². The van der Waals surface area contributed by atoms with E-state index in [0.717, 1.165) is 18.9 Å². The van der Waals surface area contributed by atoms with Crippen molar-refractivity contribution in [1.82, 2.24) is 19.4 Å². The van der Waals surface area contributed by atoms with Gasteiger partial charge in [0.05, 0.1) is 57.7 Å². The van der Waals surface area contributed by atoms with Gasteiger partial charge in [0.25, 0.3) is 5.56 Å². The number of rotatable bonds is 12. The third kappa shape index (κ3) is 7.23. The molecule has 0 N–H and O–H groups in total. The molecule has 0 bridgehead atoms. The van der Waals surface area contributed by atoms with Crippen LogP contribution in [0.4, 0.5) is 18.9 Å². The van der Waals surface area contributed by atoms with E-state index in [1.54, 1.807) is 54.6 Å². The first-order chi connectivity index (χ1) is 25.9. The lowest BCUT2D eigenvalue weighted by molar-refractivity contribution is -0.137. The molecule has 11 nitrogen and oxygen atoms in total. The number of nitrogens with zero attached hydrogens (tertiary/aromatic N) is 6. The Bertz CT molecular complexity index is 2380. The number of alkyl halides is 3. The lowest BCUT2D eigenvalue weighted by atomic mass is 10.00. The lowest BCUT2D eigenvalue weighted by Gasteiger charge is -2.37. The van der Waals surface area contributed by atoms with Crippen LogP contribution in [0, 0.1) is 18.3 Å². The smallest absolute Gasteiger partial charge is 0.418 e. The first-order valence-corrected chi connectivity index (χ1v) is 20.4. The van der Waals surface area contributed by atoms with Crippen LogP contribution in [0.1, 0.15) is 43.6 Å². The van der Waals surface area contributed by atoms with Gasteiger partial charge in [0, 0.05) is 59.9 Å². The highest BCUT2D eigenvalue weighted by molar-refractivity contribution is 7.63. The van der Waals surface area contributed by atoms with Crippen LogP contribution in [-0.2, 0) is 26.3 Å². The molecule has 54 heavy (non-hydrogen) atoms. The molecule has 7 rings (SSSR count). The highest BCUT2D eigenvalue weighted by Crippen LogP contribution is 2.50. The number of halogens is 4. The van der Waals surface area contributed by atoms with Crippen molar-refractivity contribution in [2.75, 3.05) is 50.9 Å². The SMILES string of the molecule is CCOP(=O)(OCC)c1csc2c(-c3cc(Cl)ccc3OCCn3c(C)nc4cc(C(F)(F)F)c(N5CCN(C6CC6)CC5)c(C#N)c4c3=O)ccnc12. The quantitative estimate of drug-likeness (QED) is 0.116. The van der Waals surface area contributed by atoms with Crippen LogP contribution in [0.15, 0.2) is 46.7 Å². The maximum atomic E-state index is 14.5. The van der Waals surface area contributed by atoms with Gasteiger partial charge < -0.3 is 18.7 Å². The van der Waals surface area contributed by atoms with Crippen molar-refractivity contribution in [3.8, 4) is 22.9 Å². The summed E-state index contributed by atoms with van der Waals surface area (Å²) in [6, 6.07) is 10.2. The molecule has 0 unspecified atom stereocenters. The van der Waals surface area contributed by atoms with Gasteiger partial charge in [0.15, 0.2) is 0 Å². The second kappa shape index (κ2) is 15.2. The summed E-state index contributed by atoms with van der Waals surface area (Å²) in [7, 11) is -3.64. The van der Waals surface area contributed by atoms with E-state index in [1.807, 2.05) is 6.07 Å². The fourth-order valence-corrected chi connectivity index (χ4v) is 10.4. The average molecular weight is 801 g/mol. The van der Waals surface area contributed by atoms with Crippen molar-refractivity contribution in [2.45, 2.75) is 52.4 Å². The van der Waals surface area contributed by atoms with Crippen LogP contribution >= 0.6 is 30.5 Å². The number of piperazine rings is 1. The topological polar surface area (TPSA) is 123 Å². The van der Waals surface area contributed by atoms with Gasteiger partial charge >= 0.3 is 13.8 Å². The molecule has 0 atom stereocenters. The molecule has 4 heterocycles. The van der Waals surface area contributed by atoms with E-state index < -0.39 is 24.9 Å². The Morgan fingerprint density at radius 2 is 1.80 bits per heavy atom. The van der Waals surface area contributed by atoms with E-state index in [2.05, 4.69) is 14.9 Å². The van der Waals surface area contributed by atoms with Crippen LogP contribution in [-0.4, -0.2) is 71.5 Å². The molecule has 0 amide bonds. The number of aryl methyl sites for hydroxylation is 1. The average Bonchev–Trinajstić information content (AvgIpc) is 3.90. The Balaban J connectivity index is 1.22. The molecule has 1 saturated carbocycles. The van der Waals surface area contributed by atoms with E-state index in [1.165, 1.54) is 22.8 Å². The van der Waals surface area contributed by atoms with Crippen LogP contribution in [0.25, 0.3) is 32.2 Å². The van der Waals surface area contributed by atoms with Crippen molar-refractivity contribution in [1.29, 1.82) is 5.26 Å². The minimum Gasteiger partial charge on any atom is -0.491 e. The number of fused-ring (bicyclic) bond motifs is 2. The molecule has 17 heteroatoms. The van der Waals surface area contributed by atoms with Crippen molar-refractivity contribution < 1.29 is 31.5 Å². The number of aromatic nitrogens is 3. The Hall–Kier alpha value is -4.03. The molecule has 0 radical (unpaired) electrons. The highest BCUT2D eigenvalue weighted by Gasteiger charge is 2.40. The first kappa shape index (κ1) is 38.3. The summed E-state index contributed by atoms with van der Waals surface area (Å²) in [6.07, 6.45) is -1.02. The molecule has 1 saturated heterocycles. The number of hydrogen-bond donors (Lipinski definition) is 0. The Labute approximate surface area is 318 Å². The van der Waals surface area contributed by atoms with Crippen molar-refractivity contribution in [2.24, 2.45) is 0 Å². The summed E-state index contributed by atoms with van der Waals surface area (Å²) in [4.78, 5) is 26.9. The Morgan fingerprint density at radius 1 is 1.07 bits per heavy atom. The second-order valence-corrected chi connectivity index (χ2v) is 16.3. The van der Waals surface area contributed by atoms with Gasteiger partial charge in [-0.25, -0.2) is 4.98 Å². The van der Waals surface area contributed by atoms with E-state index in [-0.39, 0.29) is 54.3 Å². The van der Waals surface area contributed by atoms with Gasteiger partial charge in [-0.15, -0.1) is 11.3 Å². The van der Waals surface area contributed by atoms with Crippen molar-refractivity contribution in [3.63, 3.8) is 0 Å². The Kier molecular flexibility index (Phi) is 10.8. The summed E-state index contributed by atoms with van der Waals surface area (Å²) in [5, 5.41) is 12.7. The van der Waals surface area contributed by atoms with Gasteiger partial charge in [-0.1, -0.05) is 11.6 Å².